The van der Waals surface area contributed by atoms with Crippen LogP contribution in [0.3, 0.4) is 0 Å². The first-order valence-corrected chi connectivity index (χ1v) is 7.66. The van der Waals surface area contributed by atoms with Crippen molar-refractivity contribution in [2.75, 3.05) is 0 Å². The molecule has 0 aliphatic carbocycles. The van der Waals surface area contributed by atoms with Crippen molar-refractivity contribution in [1.29, 1.82) is 0 Å². The van der Waals surface area contributed by atoms with Crippen LogP contribution in [-0.2, 0) is 14.9 Å². The Morgan fingerprint density at radius 1 is 1.00 bits per heavy atom. The molecule has 7 heteroatoms. The predicted octanol–water partition coefficient (Wildman–Crippen LogP) is 2.05. The van der Waals surface area contributed by atoms with E-state index in [1.165, 1.54) is 6.07 Å². The van der Waals surface area contributed by atoms with Crippen molar-refractivity contribution >= 4 is 16.1 Å². The quantitative estimate of drug-likeness (QED) is 0.745. The Kier molecular flexibility index (Phi) is 6.24. The van der Waals surface area contributed by atoms with Crippen LogP contribution in [0, 0.1) is 6.92 Å². The van der Waals surface area contributed by atoms with Gasteiger partial charge in [-0.25, -0.2) is 4.79 Å². The SMILES string of the molecule is Cc1ccccc1S(=O)(=O)O.O=C(O)C(O)c1ccccc1. The Bertz CT molecular complexity index is 725. The summed E-state index contributed by atoms with van der Waals surface area (Å²) in [6.07, 6.45) is -1.41. The smallest absolute Gasteiger partial charge is 0.337 e. The van der Waals surface area contributed by atoms with Gasteiger partial charge in [0.25, 0.3) is 10.1 Å². The van der Waals surface area contributed by atoms with Crippen LogP contribution < -0.4 is 0 Å². The van der Waals surface area contributed by atoms with Crippen molar-refractivity contribution in [1.82, 2.24) is 0 Å². The summed E-state index contributed by atoms with van der Waals surface area (Å²) in [6.45, 7) is 1.63. The van der Waals surface area contributed by atoms with E-state index < -0.39 is 22.2 Å². The molecular formula is C15H16O6S. The fourth-order valence-corrected chi connectivity index (χ4v) is 2.35. The molecular weight excluding hydrogens is 308 g/mol. The highest BCUT2D eigenvalue weighted by Gasteiger charge is 2.14. The topological polar surface area (TPSA) is 112 Å². The number of benzene rings is 2. The molecule has 0 spiro atoms. The van der Waals surface area contributed by atoms with Crippen LogP contribution in [0.5, 0.6) is 0 Å². The van der Waals surface area contributed by atoms with Crippen LogP contribution in [-0.4, -0.2) is 29.2 Å². The first-order valence-electron chi connectivity index (χ1n) is 6.22. The number of aliphatic hydroxyl groups is 1. The zero-order chi connectivity index (χ0) is 16.8. The van der Waals surface area contributed by atoms with Crippen LogP contribution in [0.25, 0.3) is 0 Å². The predicted molar refractivity (Wildman–Crippen MR) is 80.0 cm³/mol. The van der Waals surface area contributed by atoms with E-state index in [1.54, 1.807) is 55.5 Å². The molecule has 3 N–H and O–H groups in total. The van der Waals surface area contributed by atoms with E-state index in [2.05, 4.69) is 0 Å². The molecule has 2 rings (SSSR count). The molecule has 0 saturated carbocycles. The van der Waals surface area contributed by atoms with Crippen molar-refractivity contribution < 1.29 is 28.0 Å². The van der Waals surface area contributed by atoms with Gasteiger partial charge < -0.3 is 10.2 Å². The van der Waals surface area contributed by atoms with Gasteiger partial charge in [-0.3, -0.25) is 4.55 Å². The van der Waals surface area contributed by atoms with E-state index in [-0.39, 0.29) is 4.90 Å². The minimum Gasteiger partial charge on any atom is -0.479 e. The summed E-state index contributed by atoms with van der Waals surface area (Å²) in [4.78, 5) is 10.2. The molecule has 0 saturated heterocycles. The van der Waals surface area contributed by atoms with Gasteiger partial charge in [0.1, 0.15) is 0 Å². The highest BCUT2D eigenvalue weighted by atomic mass is 32.2. The molecule has 0 aromatic heterocycles. The number of carboxylic acids is 1. The summed E-state index contributed by atoms with van der Waals surface area (Å²) in [5.74, 6) is -1.23. The van der Waals surface area contributed by atoms with Gasteiger partial charge >= 0.3 is 5.97 Å². The lowest BCUT2D eigenvalue weighted by atomic mass is 10.1. The van der Waals surface area contributed by atoms with Gasteiger partial charge in [0.2, 0.25) is 0 Å². The molecule has 0 aliphatic heterocycles. The summed E-state index contributed by atoms with van der Waals surface area (Å²) < 4.78 is 29.9. The number of carbonyl (C=O) groups is 1. The standard InChI is InChI=1S/C8H8O3.C7H8O3S/c9-7(8(10)11)6-4-2-1-3-5-6;1-6-4-2-3-5-7(6)11(8,9)10/h1-5,7,9H,(H,10,11);2-5H,1H3,(H,8,9,10). The minimum atomic E-state index is -4.03. The zero-order valence-electron chi connectivity index (χ0n) is 11.7. The first kappa shape index (κ1) is 17.8. The third-order valence-corrected chi connectivity index (χ3v) is 3.73. The monoisotopic (exact) mass is 324 g/mol. The Labute approximate surface area is 128 Å². The van der Waals surface area contributed by atoms with Gasteiger partial charge in [-0.05, 0) is 24.1 Å². The van der Waals surface area contributed by atoms with Crippen molar-refractivity contribution in [3.05, 3.63) is 65.7 Å². The van der Waals surface area contributed by atoms with Gasteiger partial charge in [-0.15, -0.1) is 0 Å². The molecule has 0 bridgehead atoms. The highest BCUT2D eigenvalue weighted by molar-refractivity contribution is 7.85. The maximum absolute atomic E-state index is 10.6. The van der Waals surface area contributed by atoms with Gasteiger partial charge in [0, 0.05) is 0 Å². The first-order chi connectivity index (χ1) is 10.2. The summed E-state index contributed by atoms with van der Waals surface area (Å²) in [7, 11) is -4.03. The van der Waals surface area contributed by atoms with Gasteiger partial charge in [0.15, 0.2) is 6.10 Å². The summed E-state index contributed by atoms with van der Waals surface area (Å²) in [5.41, 5.74) is 0.954. The maximum atomic E-state index is 10.6. The van der Waals surface area contributed by atoms with E-state index in [4.69, 9.17) is 14.8 Å². The molecule has 1 unspecified atom stereocenters. The third kappa shape index (κ3) is 5.28. The molecule has 0 amide bonds. The summed E-state index contributed by atoms with van der Waals surface area (Å²) in [6, 6.07) is 14.5. The second kappa shape index (κ2) is 7.69. The largest absolute Gasteiger partial charge is 0.479 e. The Morgan fingerprint density at radius 2 is 1.50 bits per heavy atom. The number of aryl methyl sites for hydroxylation is 1. The zero-order valence-corrected chi connectivity index (χ0v) is 12.6. The molecule has 0 aliphatic rings. The van der Waals surface area contributed by atoms with Crippen LogP contribution in [0.15, 0.2) is 59.5 Å². The fourth-order valence-electron chi connectivity index (χ4n) is 1.62. The summed E-state index contributed by atoms with van der Waals surface area (Å²) in [5, 5.41) is 17.4. The molecule has 1 atom stereocenters. The molecule has 118 valence electrons. The molecule has 2 aromatic rings. The lowest BCUT2D eigenvalue weighted by Gasteiger charge is -2.03. The van der Waals surface area contributed by atoms with Crippen molar-refractivity contribution in [3.8, 4) is 0 Å². The lowest BCUT2D eigenvalue weighted by Crippen LogP contribution is -2.09. The Hall–Kier alpha value is -2.22. The van der Waals surface area contributed by atoms with E-state index in [1.807, 2.05) is 0 Å². The van der Waals surface area contributed by atoms with Gasteiger partial charge in [-0.1, -0.05) is 48.5 Å². The van der Waals surface area contributed by atoms with Gasteiger partial charge in [0.05, 0.1) is 4.90 Å². The van der Waals surface area contributed by atoms with Crippen molar-refractivity contribution in [2.24, 2.45) is 0 Å². The molecule has 0 heterocycles. The van der Waals surface area contributed by atoms with E-state index >= 15 is 0 Å². The van der Waals surface area contributed by atoms with E-state index in [9.17, 15) is 13.2 Å². The minimum absolute atomic E-state index is 0.0278. The molecule has 6 nitrogen and oxygen atoms in total. The molecule has 22 heavy (non-hydrogen) atoms. The summed E-state index contributed by atoms with van der Waals surface area (Å²) >= 11 is 0. The normalized spacial score (nSPS) is 12.0. The third-order valence-electron chi connectivity index (χ3n) is 2.72. The van der Waals surface area contributed by atoms with E-state index in [0.717, 1.165) is 0 Å². The van der Waals surface area contributed by atoms with E-state index in [0.29, 0.717) is 11.1 Å². The van der Waals surface area contributed by atoms with Gasteiger partial charge in [-0.2, -0.15) is 8.42 Å². The van der Waals surface area contributed by atoms with Crippen LogP contribution >= 0.6 is 0 Å². The molecule has 2 aromatic carbocycles. The number of aliphatic carboxylic acids is 1. The number of hydrogen-bond donors (Lipinski definition) is 3. The van der Waals surface area contributed by atoms with Crippen LogP contribution in [0.2, 0.25) is 0 Å². The average Bonchev–Trinajstić information content (AvgIpc) is 2.47. The number of rotatable bonds is 3. The highest BCUT2D eigenvalue weighted by Crippen LogP contribution is 2.12. The fraction of sp³-hybridized carbons (Fsp3) is 0.133. The Balaban J connectivity index is 0.000000220. The van der Waals surface area contributed by atoms with Crippen molar-refractivity contribution in [3.63, 3.8) is 0 Å². The van der Waals surface area contributed by atoms with Crippen LogP contribution in [0.4, 0.5) is 0 Å². The number of hydrogen-bond acceptors (Lipinski definition) is 4. The molecule has 0 radical (unpaired) electrons. The molecule has 0 fully saturated rings. The maximum Gasteiger partial charge on any atom is 0.337 e. The second-order valence-electron chi connectivity index (χ2n) is 4.39. The number of aliphatic hydroxyl groups excluding tert-OH is 1. The Morgan fingerprint density at radius 3 is 1.91 bits per heavy atom. The number of carboxylic acid groups (broad SMARTS) is 1. The average molecular weight is 324 g/mol. The second-order valence-corrected chi connectivity index (χ2v) is 5.78. The van der Waals surface area contributed by atoms with Crippen molar-refractivity contribution in [2.45, 2.75) is 17.9 Å². The lowest BCUT2D eigenvalue weighted by molar-refractivity contribution is -0.146. The van der Waals surface area contributed by atoms with Crippen LogP contribution in [0.1, 0.15) is 17.2 Å².